The van der Waals surface area contributed by atoms with Crippen LogP contribution in [0.1, 0.15) is 25.8 Å². The molecule has 0 aliphatic heterocycles. The molecular weight excluding hydrogens is 182 g/mol. The molecule has 0 saturated heterocycles. The van der Waals surface area contributed by atoms with Gasteiger partial charge in [-0.25, -0.2) is 0 Å². The van der Waals surface area contributed by atoms with Crippen molar-refractivity contribution in [3.63, 3.8) is 0 Å². The molecule has 0 unspecified atom stereocenters. The van der Waals surface area contributed by atoms with Crippen LogP contribution in [0.3, 0.4) is 0 Å². The summed E-state index contributed by atoms with van der Waals surface area (Å²) in [5.74, 6) is 2.67. The fraction of sp³-hybridized carbons (Fsp3) is 0.429. The first-order valence-corrected chi connectivity index (χ1v) is 5.59. The fourth-order valence-corrected chi connectivity index (χ4v) is 1.68. The summed E-state index contributed by atoms with van der Waals surface area (Å²) < 4.78 is 0. The van der Waals surface area contributed by atoms with Gasteiger partial charge in [0.15, 0.2) is 0 Å². The Morgan fingerprint density at radius 3 is 2.20 bits per heavy atom. The zero-order valence-corrected chi connectivity index (χ0v) is 9.66. The predicted octanol–water partition coefficient (Wildman–Crippen LogP) is 3.10. The molecule has 0 aliphatic rings. The Hall–Kier alpha value is -1.42. The van der Waals surface area contributed by atoms with E-state index >= 15 is 0 Å². The third-order valence-corrected chi connectivity index (χ3v) is 2.62. The van der Waals surface area contributed by atoms with Gasteiger partial charge in [0.25, 0.3) is 0 Å². The van der Waals surface area contributed by atoms with Gasteiger partial charge in [0, 0.05) is 25.2 Å². The number of nitrogens with zero attached hydrogens (tertiary/aromatic N) is 1. The maximum Gasteiger partial charge on any atom is 0.0366 e. The molecule has 0 saturated carbocycles. The van der Waals surface area contributed by atoms with Crippen molar-refractivity contribution in [3.05, 3.63) is 29.8 Å². The highest BCUT2D eigenvalue weighted by Crippen LogP contribution is 2.15. The standard InChI is InChI=1S/C14H19N/c1-4-7-8-13-9-11-14(12-10-13)15(5-2)6-3/h1,9-12H,5-8H2,2-3H3. The molecule has 0 atom stereocenters. The van der Waals surface area contributed by atoms with Gasteiger partial charge in [-0.05, 0) is 38.0 Å². The summed E-state index contributed by atoms with van der Waals surface area (Å²) >= 11 is 0. The molecule has 0 bridgehead atoms. The molecule has 0 radical (unpaired) electrons. The Morgan fingerprint density at radius 1 is 1.13 bits per heavy atom. The molecule has 0 N–H and O–H groups in total. The van der Waals surface area contributed by atoms with Crippen molar-refractivity contribution in [3.8, 4) is 12.3 Å². The van der Waals surface area contributed by atoms with Gasteiger partial charge in [-0.15, -0.1) is 12.3 Å². The van der Waals surface area contributed by atoms with Gasteiger partial charge in [-0.2, -0.15) is 0 Å². The Bertz CT molecular complexity index is 314. The van der Waals surface area contributed by atoms with Crippen molar-refractivity contribution in [2.75, 3.05) is 18.0 Å². The molecule has 1 heteroatoms. The highest BCUT2D eigenvalue weighted by Gasteiger charge is 2.00. The first-order chi connectivity index (χ1) is 7.31. The van der Waals surface area contributed by atoms with Gasteiger partial charge >= 0.3 is 0 Å². The first-order valence-electron chi connectivity index (χ1n) is 5.59. The summed E-state index contributed by atoms with van der Waals surface area (Å²) in [6.45, 7) is 6.46. The lowest BCUT2D eigenvalue weighted by atomic mass is 10.1. The highest BCUT2D eigenvalue weighted by molar-refractivity contribution is 5.47. The lowest BCUT2D eigenvalue weighted by molar-refractivity contribution is 0.865. The van der Waals surface area contributed by atoms with Crippen LogP contribution in [-0.2, 0) is 6.42 Å². The summed E-state index contributed by atoms with van der Waals surface area (Å²) in [6.07, 6.45) is 7.04. The van der Waals surface area contributed by atoms with Gasteiger partial charge in [0.1, 0.15) is 0 Å². The summed E-state index contributed by atoms with van der Waals surface area (Å²) in [7, 11) is 0. The minimum absolute atomic E-state index is 0.824. The van der Waals surface area contributed by atoms with E-state index in [0.717, 1.165) is 25.9 Å². The quantitative estimate of drug-likeness (QED) is 0.662. The molecule has 0 aromatic heterocycles. The van der Waals surface area contributed by atoms with Gasteiger partial charge in [-0.1, -0.05) is 12.1 Å². The summed E-state index contributed by atoms with van der Waals surface area (Å²) in [4.78, 5) is 2.34. The number of benzene rings is 1. The second kappa shape index (κ2) is 6.14. The average molecular weight is 201 g/mol. The van der Waals surface area contributed by atoms with E-state index in [9.17, 15) is 0 Å². The van der Waals surface area contributed by atoms with Crippen LogP contribution in [-0.4, -0.2) is 13.1 Å². The molecule has 15 heavy (non-hydrogen) atoms. The van der Waals surface area contributed by atoms with E-state index in [1.165, 1.54) is 11.3 Å². The first kappa shape index (κ1) is 11.7. The normalized spacial score (nSPS) is 9.67. The van der Waals surface area contributed by atoms with Crippen molar-refractivity contribution >= 4 is 5.69 Å². The average Bonchev–Trinajstić information content (AvgIpc) is 2.29. The molecule has 1 nitrogen and oxygen atoms in total. The van der Waals surface area contributed by atoms with Crippen LogP contribution < -0.4 is 4.90 Å². The maximum atomic E-state index is 5.24. The SMILES string of the molecule is C#CCCc1ccc(N(CC)CC)cc1. The van der Waals surface area contributed by atoms with E-state index in [1.807, 2.05) is 0 Å². The van der Waals surface area contributed by atoms with Crippen molar-refractivity contribution < 1.29 is 0 Å². The Kier molecular flexibility index (Phi) is 4.77. The minimum atomic E-state index is 0.824. The van der Waals surface area contributed by atoms with Crippen LogP contribution in [0.25, 0.3) is 0 Å². The topological polar surface area (TPSA) is 3.24 Å². The number of anilines is 1. The summed E-state index contributed by atoms with van der Waals surface area (Å²) in [5, 5.41) is 0. The van der Waals surface area contributed by atoms with E-state index in [1.54, 1.807) is 0 Å². The van der Waals surface area contributed by atoms with E-state index in [2.05, 4.69) is 48.9 Å². The number of hydrogen-bond donors (Lipinski definition) is 0. The third kappa shape index (κ3) is 3.32. The number of rotatable bonds is 5. The third-order valence-electron chi connectivity index (χ3n) is 2.62. The molecule has 0 amide bonds. The molecule has 0 aliphatic carbocycles. The molecule has 0 heterocycles. The lowest BCUT2D eigenvalue weighted by Crippen LogP contribution is -2.21. The summed E-state index contributed by atoms with van der Waals surface area (Å²) in [6, 6.07) is 8.70. The molecule has 1 aromatic carbocycles. The van der Waals surface area contributed by atoms with Crippen LogP contribution in [0, 0.1) is 12.3 Å². The summed E-state index contributed by atoms with van der Waals surface area (Å²) in [5.41, 5.74) is 2.62. The van der Waals surface area contributed by atoms with Gasteiger partial charge in [0.2, 0.25) is 0 Å². The number of aryl methyl sites for hydroxylation is 1. The Morgan fingerprint density at radius 2 is 1.73 bits per heavy atom. The molecule has 0 fully saturated rings. The fourth-order valence-electron chi connectivity index (χ4n) is 1.68. The van der Waals surface area contributed by atoms with Crippen LogP contribution in [0.2, 0.25) is 0 Å². The van der Waals surface area contributed by atoms with Crippen molar-refractivity contribution in [1.82, 2.24) is 0 Å². The second-order valence-electron chi connectivity index (χ2n) is 3.54. The molecule has 80 valence electrons. The molecule has 1 rings (SSSR count). The maximum absolute atomic E-state index is 5.24. The Balaban J connectivity index is 2.67. The second-order valence-corrected chi connectivity index (χ2v) is 3.54. The van der Waals surface area contributed by atoms with Crippen molar-refractivity contribution in [2.24, 2.45) is 0 Å². The largest absolute Gasteiger partial charge is 0.372 e. The van der Waals surface area contributed by atoms with Crippen LogP contribution >= 0.6 is 0 Å². The van der Waals surface area contributed by atoms with E-state index in [4.69, 9.17) is 6.42 Å². The molecule has 1 aromatic rings. The van der Waals surface area contributed by atoms with E-state index in [-0.39, 0.29) is 0 Å². The smallest absolute Gasteiger partial charge is 0.0366 e. The van der Waals surface area contributed by atoms with Gasteiger partial charge in [-0.3, -0.25) is 0 Å². The highest BCUT2D eigenvalue weighted by atomic mass is 15.1. The number of terminal acetylenes is 1. The molecular formula is C14H19N. The van der Waals surface area contributed by atoms with E-state index < -0.39 is 0 Å². The monoisotopic (exact) mass is 201 g/mol. The number of hydrogen-bond acceptors (Lipinski definition) is 1. The van der Waals surface area contributed by atoms with Gasteiger partial charge < -0.3 is 4.90 Å². The van der Waals surface area contributed by atoms with Gasteiger partial charge in [0.05, 0.1) is 0 Å². The van der Waals surface area contributed by atoms with Crippen LogP contribution in [0.15, 0.2) is 24.3 Å². The van der Waals surface area contributed by atoms with Crippen molar-refractivity contribution in [1.29, 1.82) is 0 Å². The Labute approximate surface area is 93.1 Å². The minimum Gasteiger partial charge on any atom is -0.372 e. The predicted molar refractivity (Wildman–Crippen MR) is 67.2 cm³/mol. The van der Waals surface area contributed by atoms with Crippen LogP contribution in [0.5, 0.6) is 0 Å². The lowest BCUT2D eigenvalue weighted by Gasteiger charge is -2.21. The zero-order valence-electron chi connectivity index (χ0n) is 9.66. The van der Waals surface area contributed by atoms with Crippen LogP contribution in [0.4, 0.5) is 5.69 Å². The van der Waals surface area contributed by atoms with Crippen molar-refractivity contribution in [2.45, 2.75) is 26.7 Å². The van der Waals surface area contributed by atoms with E-state index in [0.29, 0.717) is 0 Å². The zero-order chi connectivity index (χ0) is 11.1. The molecule has 0 spiro atoms.